The summed E-state index contributed by atoms with van der Waals surface area (Å²) in [5.41, 5.74) is -0.458. The van der Waals surface area contributed by atoms with Gasteiger partial charge in [-0.3, -0.25) is 0 Å². The van der Waals surface area contributed by atoms with E-state index in [1.54, 1.807) is 0 Å². The minimum Gasteiger partial charge on any atom is -0.444 e. The van der Waals surface area contributed by atoms with Gasteiger partial charge >= 0.3 is 6.09 Å². The maximum atomic E-state index is 11.6. The number of alkyl carbamates (subject to hydrolysis) is 1. The van der Waals surface area contributed by atoms with Crippen LogP contribution in [0.25, 0.3) is 0 Å². The van der Waals surface area contributed by atoms with Crippen LogP contribution in [0.1, 0.15) is 74.6 Å². The zero-order chi connectivity index (χ0) is 20.4. The molecule has 6 nitrogen and oxygen atoms in total. The number of carbonyl (C=O) groups is 1. The minimum absolute atomic E-state index is 0. The average molecular weight is 392 g/mol. The molecule has 0 aliphatic rings. The Labute approximate surface area is 167 Å². The van der Waals surface area contributed by atoms with E-state index >= 15 is 0 Å². The van der Waals surface area contributed by atoms with Gasteiger partial charge in [-0.25, -0.2) is 4.79 Å². The lowest BCUT2D eigenvalue weighted by atomic mass is 10.1. The van der Waals surface area contributed by atoms with Crippen LogP contribution >= 0.6 is 0 Å². The number of amides is 1. The van der Waals surface area contributed by atoms with Crippen molar-refractivity contribution in [3.63, 3.8) is 0 Å². The van der Waals surface area contributed by atoms with Crippen LogP contribution in [0.3, 0.4) is 0 Å². The molecule has 2 atom stereocenters. The third-order valence-corrected chi connectivity index (χ3v) is 3.37. The Morgan fingerprint density at radius 2 is 1.81 bits per heavy atom. The summed E-state index contributed by atoms with van der Waals surface area (Å²) in [4.78, 5) is 11.6. The number of rotatable bonds is 12. The topological polar surface area (TPSA) is 99.3 Å². The van der Waals surface area contributed by atoms with Crippen molar-refractivity contribution in [2.45, 2.75) is 90.9 Å². The number of unbranched alkanes of at least 4 members (excludes halogenated alkanes) is 3. The zero-order valence-corrected chi connectivity index (χ0v) is 18.2. The fourth-order valence-corrected chi connectivity index (χ4v) is 2.15. The van der Waals surface area contributed by atoms with Crippen molar-refractivity contribution in [2.24, 2.45) is 0 Å². The number of ether oxygens (including phenoxy) is 2. The number of hydrogen-bond acceptors (Lipinski definition) is 4. The number of aliphatic hydroxyl groups excluding tert-OH is 1. The summed E-state index contributed by atoms with van der Waals surface area (Å²) in [6.07, 6.45) is 12.6. The lowest BCUT2D eigenvalue weighted by molar-refractivity contribution is 0.0518. The van der Waals surface area contributed by atoms with Gasteiger partial charge in [0.15, 0.2) is 0 Å². The highest BCUT2D eigenvalue weighted by Crippen LogP contribution is 2.09. The van der Waals surface area contributed by atoms with Crippen LogP contribution in [0.5, 0.6) is 0 Å². The first-order chi connectivity index (χ1) is 12.2. The smallest absolute Gasteiger partial charge is 0.408 e. The normalized spacial score (nSPS) is 13.0. The minimum atomic E-state index is -0.458. The summed E-state index contributed by atoms with van der Waals surface area (Å²) in [6.45, 7) is 14.1. The predicted molar refractivity (Wildman–Crippen MR) is 115 cm³/mol. The summed E-state index contributed by atoms with van der Waals surface area (Å²) < 4.78 is 10.9. The van der Waals surface area contributed by atoms with E-state index in [0.717, 1.165) is 39.4 Å². The SMILES string of the molecule is C=CCCOC(C)CCCCC/C=C\[C@@H](C)NC(=O)OC(C)(C)C.CO.O.[HH]. The maximum absolute atomic E-state index is 11.6. The molecule has 0 saturated heterocycles. The van der Waals surface area contributed by atoms with Crippen LogP contribution in [0.15, 0.2) is 24.8 Å². The molecule has 0 aliphatic heterocycles. The molecule has 0 aromatic rings. The van der Waals surface area contributed by atoms with E-state index in [1.165, 1.54) is 12.8 Å². The molecule has 0 heterocycles. The van der Waals surface area contributed by atoms with Crippen LogP contribution < -0.4 is 5.32 Å². The summed E-state index contributed by atoms with van der Waals surface area (Å²) in [7, 11) is 1.00. The molecular formula is C21H45NO5. The van der Waals surface area contributed by atoms with Gasteiger partial charge in [0.25, 0.3) is 0 Å². The molecule has 0 aromatic carbocycles. The molecule has 0 radical (unpaired) electrons. The second kappa shape index (κ2) is 19.4. The van der Waals surface area contributed by atoms with E-state index in [9.17, 15) is 4.79 Å². The van der Waals surface area contributed by atoms with Crippen molar-refractivity contribution in [1.29, 1.82) is 0 Å². The Balaban J connectivity index is -0.000000695. The van der Waals surface area contributed by atoms with Crippen LogP contribution in [-0.4, -0.2) is 48.1 Å². The highest BCUT2D eigenvalue weighted by atomic mass is 16.6. The predicted octanol–water partition coefficient (Wildman–Crippen LogP) is 4.42. The van der Waals surface area contributed by atoms with E-state index < -0.39 is 5.60 Å². The highest BCUT2D eigenvalue weighted by molar-refractivity contribution is 5.68. The molecule has 0 aliphatic carbocycles. The molecule has 164 valence electrons. The van der Waals surface area contributed by atoms with Crippen molar-refractivity contribution < 1.29 is 26.3 Å². The van der Waals surface area contributed by atoms with Gasteiger partial charge in [0.1, 0.15) is 5.60 Å². The van der Waals surface area contributed by atoms with E-state index in [1.807, 2.05) is 39.8 Å². The van der Waals surface area contributed by atoms with Crippen LogP contribution in [0, 0.1) is 0 Å². The molecule has 0 bridgehead atoms. The maximum Gasteiger partial charge on any atom is 0.408 e. The summed E-state index contributed by atoms with van der Waals surface area (Å²) in [6, 6.07) is -0.0156. The van der Waals surface area contributed by atoms with Gasteiger partial charge in [-0.1, -0.05) is 31.1 Å². The Kier molecular flexibility index (Phi) is 21.8. The molecular weight excluding hydrogens is 346 g/mol. The van der Waals surface area contributed by atoms with E-state index in [-0.39, 0.29) is 19.0 Å². The standard InChI is InChI=1S/C20H37NO3.CH4O.H2O.H2/c1-7-8-16-23-18(3)15-13-11-9-10-12-14-17(2)21-19(22)24-20(4,5)6;1-2;;/h7,12,14,17-18H,1,8-11,13,15-16H2,2-6H3,(H,21,22);2H,1H3;1H2;1H/b14-12-;;;/t17-,18?;;;/m1.../s1. The van der Waals surface area contributed by atoms with E-state index in [4.69, 9.17) is 14.6 Å². The number of aliphatic hydroxyl groups is 1. The Hall–Kier alpha value is -1.37. The molecule has 0 fully saturated rings. The number of carbonyl (C=O) groups excluding carboxylic acids is 1. The van der Waals surface area contributed by atoms with Gasteiger partial charge in [-0.05, 0) is 60.3 Å². The largest absolute Gasteiger partial charge is 0.444 e. The number of nitrogens with one attached hydrogen (secondary N) is 1. The van der Waals surface area contributed by atoms with Crippen molar-refractivity contribution >= 4 is 6.09 Å². The lowest BCUT2D eigenvalue weighted by Crippen LogP contribution is -2.36. The monoisotopic (exact) mass is 391 g/mol. The second-order valence-electron chi connectivity index (χ2n) is 7.26. The molecule has 4 N–H and O–H groups in total. The summed E-state index contributed by atoms with van der Waals surface area (Å²) in [5.74, 6) is 0. The lowest BCUT2D eigenvalue weighted by Gasteiger charge is -2.20. The van der Waals surface area contributed by atoms with E-state index in [2.05, 4.69) is 24.9 Å². The van der Waals surface area contributed by atoms with Gasteiger partial charge in [-0.2, -0.15) is 0 Å². The third kappa shape index (κ3) is 24.6. The Morgan fingerprint density at radius 1 is 1.19 bits per heavy atom. The molecule has 1 unspecified atom stereocenters. The second-order valence-corrected chi connectivity index (χ2v) is 7.26. The first-order valence-electron chi connectivity index (χ1n) is 9.58. The first-order valence-corrected chi connectivity index (χ1v) is 9.58. The summed E-state index contributed by atoms with van der Waals surface area (Å²) >= 11 is 0. The third-order valence-electron chi connectivity index (χ3n) is 3.37. The molecule has 0 saturated carbocycles. The molecule has 1 amide bonds. The Morgan fingerprint density at radius 3 is 2.37 bits per heavy atom. The molecule has 0 spiro atoms. The van der Waals surface area contributed by atoms with Crippen molar-refractivity contribution in [1.82, 2.24) is 5.32 Å². The zero-order valence-electron chi connectivity index (χ0n) is 18.2. The Bertz CT molecular complexity index is 383. The van der Waals surface area contributed by atoms with Crippen molar-refractivity contribution in [3.05, 3.63) is 24.8 Å². The van der Waals surface area contributed by atoms with Gasteiger partial charge in [0, 0.05) is 14.6 Å². The van der Waals surface area contributed by atoms with Crippen LogP contribution in [0.4, 0.5) is 4.79 Å². The quantitative estimate of drug-likeness (QED) is 0.380. The first kappa shape index (κ1) is 30.4. The fourth-order valence-electron chi connectivity index (χ4n) is 2.15. The van der Waals surface area contributed by atoms with Gasteiger partial charge in [0.05, 0.1) is 12.7 Å². The average Bonchev–Trinajstić information content (AvgIpc) is 2.54. The van der Waals surface area contributed by atoms with Crippen LogP contribution in [-0.2, 0) is 9.47 Å². The van der Waals surface area contributed by atoms with Crippen molar-refractivity contribution in [3.8, 4) is 0 Å². The molecule has 0 rings (SSSR count). The molecule has 0 aromatic heterocycles. The van der Waals surface area contributed by atoms with Crippen molar-refractivity contribution in [2.75, 3.05) is 13.7 Å². The molecule has 6 heteroatoms. The van der Waals surface area contributed by atoms with Gasteiger partial charge in [-0.15, -0.1) is 6.58 Å². The summed E-state index contributed by atoms with van der Waals surface area (Å²) in [5, 5.41) is 9.81. The van der Waals surface area contributed by atoms with Crippen LogP contribution in [0.2, 0.25) is 0 Å². The van der Waals surface area contributed by atoms with Gasteiger partial charge < -0.3 is 25.4 Å². The fraction of sp³-hybridized carbons (Fsp3) is 0.762. The molecule has 27 heavy (non-hydrogen) atoms. The van der Waals surface area contributed by atoms with E-state index in [0.29, 0.717) is 6.10 Å². The number of allylic oxidation sites excluding steroid dienone is 1. The van der Waals surface area contributed by atoms with Gasteiger partial charge in [0.2, 0.25) is 0 Å². The number of hydrogen-bond donors (Lipinski definition) is 2. The highest BCUT2D eigenvalue weighted by Gasteiger charge is 2.16.